The van der Waals surface area contributed by atoms with Crippen LogP contribution in [0.2, 0.25) is 0 Å². The number of nitrogens with one attached hydrogen (secondary N) is 1. The van der Waals surface area contributed by atoms with Gasteiger partial charge in [-0.15, -0.1) is 0 Å². The van der Waals surface area contributed by atoms with Crippen LogP contribution in [0.15, 0.2) is 54.6 Å². The molecule has 0 radical (unpaired) electrons. The Balaban J connectivity index is 1.83. The molecule has 0 aromatic heterocycles. The van der Waals surface area contributed by atoms with Crippen molar-refractivity contribution in [3.05, 3.63) is 66.0 Å². The number of para-hydroxylation sites is 1. The third kappa shape index (κ3) is 3.47. The van der Waals surface area contributed by atoms with E-state index in [4.69, 9.17) is 0 Å². The Kier molecular flexibility index (Phi) is 5.44. The molecule has 3 rings (SSSR count). The van der Waals surface area contributed by atoms with Crippen LogP contribution in [-0.2, 0) is 19.9 Å². The lowest BCUT2D eigenvalue weighted by molar-refractivity contribution is -0.149. The summed E-state index contributed by atoms with van der Waals surface area (Å²) in [6, 6.07) is 14.3. The zero-order valence-electron chi connectivity index (χ0n) is 15.4. The van der Waals surface area contributed by atoms with Gasteiger partial charge >= 0.3 is 5.97 Å². The molecule has 7 heteroatoms. The zero-order chi connectivity index (χ0) is 20.3. The van der Waals surface area contributed by atoms with Crippen molar-refractivity contribution in [1.82, 2.24) is 5.32 Å². The first-order chi connectivity index (χ1) is 13.4. The fourth-order valence-corrected chi connectivity index (χ4v) is 3.51. The van der Waals surface area contributed by atoms with Crippen LogP contribution in [0.25, 0.3) is 0 Å². The Morgan fingerprint density at radius 3 is 2.43 bits per heavy atom. The zero-order valence-corrected chi connectivity index (χ0v) is 15.4. The number of halogens is 1. The molecule has 2 amide bonds. The molecule has 1 saturated heterocycles. The van der Waals surface area contributed by atoms with Gasteiger partial charge in [-0.2, -0.15) is 0 Å². The summed E-state index contributed by atoms with van der Waals surface area (Å²) in [5, 5.41) is 12.5. The number of carbonyl (C=O) groups is 3. The maximum atomic E-state index is 14.0. The highest BCUT2D eigenvalue weighted by atomic mass is 19.1. The predicted octanol–water partition coefficient (Wildman–Crippen LogP) is 2.68. The van der Waals surface area contributed by atoms with Gasteiger partial charge in [0.1, 0.15) is 5.82 Å². The number of hydrogen-bond donors (Lipinski definition) is 2. The molecule has 2 aromatic rings. The average molecular weight is 384 g/mol. The van der Waals surface area contributed by atoms with Gasteiger partial charge < -0.3 is 15.3 Å². The van der Waals surface area contributed by atoms with Gasteiger partial charge in [0.15, 0.2) is 5.54 Å². The fourth-order valence-electron chi connectivity index (χ4n) is 3.51. The van der Waals surface area contributed by atoms with Crippen molar-refractivity contribution in [1.29, 1.82) is 0 Å². The quantitative estimate of drug-likeness (QED) is 0.802. The minimum Gasteiger partial charge on any atom is -0.479 e. The Labute approximate surface area is 162 Å². The Morgan fingerprint density at radius 2 is 1.82 bits per heavy atom. The second-order valence-corrected chi connectivity index (χ2v) is 6.78. The number of amides is 2. The minimum absolute atomic E-state index is 0.000195. The van der Waals surface area contributed by atoms with E-state index in [1.807, 2.05) is 0 Å². The van der Waals surface area contributed by atoms with Gasteiger partial charge in [-0.3, -0.25) is 9.59 Å². The second kappa shape index (κ2) is 7.80. The molecular formula is C21H21FN2O4. The molecule has 2 N–H and O–H groups in total. The van der Waals surface area contributed by atoms with Crippen LogP contribution in [0, 0.1) is 11.7 Å². The monoisotopic (exact) mass is 384 g/mol. The van der Waals surface area contributed by atoms with Crippen LogP contribution < -0.4 is 10.2 Å². The van der Waals surface area contributed by atoms with E-state index >= 15 is 0 Å². The summed E-state index contributed by atoms with van der Waals surface area (Å²) in [5.74, 6) is -3.40. The van der Waals surface area contributed by atoms with E-state index in [1.54, 1.807) is 43.3 Å². The van der Waals surface area contributed by atoms with Crippen molar-refractivity contribution in [2.24, 2.45) is 5.92 Å². The molecule has 146 valence electrons. The molecule has 1 aliphatic heterocycles. The van der Waals surface area contributed by atoms with Crippen LogP contribution in [0.1, 0.15) is 25.3 Å². The summed E-state index contributed by atoms with van der Waals surface area (Å²) in [6.07, 6.45) is 0.0319. The minimum atomic E-state index is -1.59. The van der Waals surface area contributed by atoms with Crippen molar-refractivity contribution < 1.29 is 23.9 Å². The largest absolute Gasteiger partial charge is 0.479 e. The van der Waals surface area contributed by atoms with Gasteiger partial charge in [-0.25, -0.2) is 9.18 Å². The average Bonchev–Trinajstić information content (AvgIpc) is 3.08. The van der Waals surface area contributed by atoms with Gasteiger partial charge in [0, 0.05) is 13.0 Å². The lowest BCUT2D eigenvalue weighted by atomic mass is 9.86. The van der Waals surface area contributed by atoms with E-state index in [-0.39, 0.29) is 31.0 Å². The van der Waals surface area contributed by atoms with Crippen molar-refractivity contribution in [3.8, 4) is 0 Å². The molecule has 1 aliphatic rings. The molecule has 0 aliphatic carbocycles. The molecular weight excluding hydrogens is 363 g/mol. The van der Waals surface area contributed by atoms with Crippen molar-refractivity contribution in [2.45, 2.75) is 25.3 Å². The number of nitrogens with zero attached hydrogens (tertiary/aromatic N) is 1. The summed E-state index contributed by atoms with van der Waals surface area (Å²) in [6.45, 7) is 1.67. The number of anilines is 1. The highest BCUT2D eigenvalue weighted by molar-refractivity contribution is 6.01. The van der Waals surface area contributed by atoms with E-state index in [9.17, 15) is 23.9 Å². The fraction of sp³-hybridized carbons (Fsp3) is 0.286. The lowest BCUT2D eigenvalue weighted by Crippen LogP contribution is -2.53. The van der Waals surface area contributed by atoms with Gasteiger partial charge in [0.05, 0.1) is 11.6 Å². The maximum Gasteiger partial charge on any atom is 0.334 e. The molecule has 1 heterocycles. The first kappa shape index (κ1) is 19.5. The van der Waals surface area contributed by atoms with E-state index in [2.05, 4.69) is 5.32 Å². The first-order valence-electron chi connectivity index (χ1n) is 9.05. The number of carboxylic acid groups (broad SMARTS) is 1. The SMILES string of the molecule is CCC(NC(=O)C1CC(=O)N(c2ccccc2F)C1)(C(=O)O)c1ccccc1. The highest BCUT2D eigenvalue weighted by Gasteiger charge is 2.44. The molecule has 0 spiro atoms. The van der Waals surface area contributed by atoms with E-state index in [0.29, 0.717) is 5.56 Å². The van der Waals surface area contributed by atoms with Crippen LogP contribution in [0.4, 0.5) is 10.1 Å². The van der Waals surface area contributed by atoms with E-state index in [1.165, 1.54) is 23.1 Å². The second-order valence-electron chi connectivity index (χ2n) is 6.78. The van der Waals surface area contributed by atoms with E-state index in [0.717, 1.165) is 0 Å². The summed E-state index contributed by atoms with van der Waals surface area (Å²) in [5.41, 5.74) is -1.02. The molecule has 2 atom stereocenters. The molecule has 2 aromatic carbocycles. The Hall–Kier alpha value is -3.22. The Morgan fingerprint density at radius 1 is 1.18 bits per heavy atom. The molecule has 0 saturated carbocycles. The van der Waals surface area contributed by atoms with E-state index < -0.39 is 29.2 Å². The highest BCUT2D eigenvalue weighted by Crippen LogP contribution is 2.30. The van der Waals surface area contributed by atoms with Gasteiger partial charge in [0.25, 0.3) is 0 Å². The summed E-state index contributed by atoms with van der Waals surface area (Å²) in [4.78, 5) is 38.5. The van der Waals surface area contributed by atoms with Crippen molar-refractivity contribution in [3.63, 3.8) is 0 Å². The van der Waals surface area contributed by atoms with Gasteiger partial charge in [0.2, 0.25) is 11.8 Å². The third-order valence-electron chi connectivity index (χ3n) is 5.14. The van der Waals surface area contributed by atoms with Crippen LogP contribution >= 0.6 is 0 Å². The molecule has 2 unspecified atom stereocenters. The van der Waals surface area contributed by atoms with Crippen molar-refractivity contribution >= 4 is 23.5 Å². The maximum absolute atomic E-state index is 14.0. The third-order valence-corrected chi connectivity index (χ3v) is 5.14. The Bertz CT molecular complexity index is 902. The van der Waals surface area contributed by atoms with Crippen LogP contribution in [0.5, 0.6) is 0 Å². The number of aliphatic carboxylic acids is 1. The molecule has 28 heavy (non-hydrogen) atoms. The number of carboxylic acids is 1. The van der Waals surface area contributed by atoms with Crippen LogP contribution in [-0.4, -0.2) is 29.4 Å². The summed E-state index contributed by atoms with van der Waals surface area (Å²) >= 11 is 0. The number of rotatable bonds is 6. The number of carbonyl (C=O) groups excluding carboxylic acids is 2. The molecule has 1 fully saturated rings. The number of hydrogen-bond acceptors (Lipinski definition) is 3. The van der Waals surface area contributed by atoms with Gasteiger partial charge in [-0.1, -0.05) is 49.4 Å². The topological polar surface area (TPSA) is 86.7 Å². The first-order valence-corrected chi connectivity index (χ1v) is 9.05. The molecule has 6 nitrogen and oxygen atoms in total. The summed E-state index contributed by atoms with van der Waals surface area (Å²) < 4.78 is 14.0. The smallest absolute Gasteiger partial charge is 0.334 e. The van der Waals surface area contributed by atoms with Crippen molar-refractivity contribution in [2.75, 3.05) is 11.4 Å². The number of benzene rings is 2. The molecule has 0 bridgehead atoms. The lowest BCUT2D eigenvalue weighted by Gasteiger charge is -2.31. The summed E-state index contributed by atoms with van der Waals surface area (Å²) in [7, 11) is 0. The van der Waals surface area contributed by atoms with Crippen LogP contribution in [0.3, 0.4) is 0 Å². The standard InChI is InChI=1S/C21H21FN2O4/c1-2-21(20(27)28,15-8-4-3-5-9-15)23-19(26)14-12-18(25)24(13-14)17-11-7-6-10-16(17)22/h3-11,14H,2,12-13H2,1H3,(H,23,26)(H,27,28). The normalized spacial score (nSPS) is 18.6. The van der Waals surface area contributed by atoms with Gasteiger partial charge in [-0.05, 0) is 24.1 Å². The predicted molar refractivity (Wildman–Crippen MR) is 101 cm³/mol.